The Morgan fingerprint density at radius 3 is 2.77 bits per heavy atom. The molecule has 2 aliphatic rings. The molecule has 0 atom stereocenters. The number of alkyl halides is 3. The van der Waals surface area contributed by atoms with Crippen LogP contribution in [0.4, 0.5) is 18.9 Å². The van der Waals surface area contributed by atoms with Gasteiger partial charge in [0.05, 0.1) is 17.9 Å². The van der Waals surface area contributed by atoms with E-state index in [1.807, 2.05) is 24.1 Å². The summed E-state index contributed by atoms with van der Waals surface area (Å²) in [7, 11) is 0. The molecule has 2 aromatic rings. The number of nitrogens with zero attached hydrogens (tertiary/aromatic N) is 3. The van der Waals surface area contributed by atoms with Crippen LogP contribution in [0.1, 0.15) is 43.0 Å². The molecule has 3 heterocycles. The number of hydrogen-bond donors (Lipinski definition) is 2. The highest BCUT2D eigenvalue weighted by Gasteiger charge is 2.36. The zero-order valence-corrected chi connectivity index (χ0v) is 17.7. The SMILES string of the molecule is CCN1CN(C2CCC(CNSCC(F)(F)F)CC2)c2c(cnc3[nH]ccc23)C1=O. The van der Waals surface area contributed by atoms with Crippen LogP contribution in [0.25, 0.3) is 11.0 Å². The molecule has 1 fully saturated rings. The second kappa shape index (κ2) is 8.66. The maximum absolute atomic E-state index is 12.9. The van der Waals surface area contributed by atoms with Crippen molar-refractivity contribution in [2.75, 3.05) is 30.4 Å². The van der Waals surface area contributed by atoms with Gasteiger partial charge in [-0.15, -0.1) is 0 Å². The summed E-state index contributed by atoms with van der Waals surface area (Å²) < 4.78 is 39.7. The second-order valence-electron chi connectivity index (χ2n) is 7.96. The minimum absolute atomic E-state index is 0.0129. The Morgan fingerprint density at radius 2 is 2.07 bits per heavy atom. The van der Waals surface area contributed by atoms with Crippen molar-refractivity contribution in [1.82, 2.24) is 19.6 Å². The van der Waals surface area contributed by atoms with E-state index < -0.39 is 11.9 Å². The lowest BCUT2D eigenvalue weighted by molar-refractivity contribution is -0.105. The van der Waals surface area contributed by atoms with Crippen LogP contribution in [0.3, 0.4) is 0 Å². The molecule has 0 saturated heterocycles. The molecule has 0 bridgehead atoms. The van der Waals surface area contributed by atoms with Crippen LogP contribution in [0, 0.1) is 5.92 Å². The number of aromatic amines is 1. The standard InChI is InChI=1S/C20H26F3N5OS/c1-2-27-12-28(17-15-7-8-24-18(15)25-10-16(17)19(27)29)14-5-3-13(4-6-14)9-26-30-11-20(21,22)23/h7-8,10,13-14,26H,2-6,9,11-12H2,1H3,(H,24,25). The number of halogens is 3. The number of nitrogens with one attached hydrogen (secondary N) is 2. The summed E-state index contributed by atoms with van der Waals surface area (Å²) in [6, 6.07) is 2.27. The minimum Gasteiger partial charge on any atom is -0.349 e. The molecule has 2 N–H and O–H groups in total. The third kappa shape index (κ3) is 4.39. The average Bonchev–Trinajstić information content (AvgIpc) is 3.20. The number of H-pyrrole nitrogens is 1. The summed E-state index contributed by atoms with van der Waals surface area (Å²) in [5.74, 6) is -0.479. The summed E-state index contributed by atoms with van der Waals surface area (Å²) in [6.45, 7) is 3.76. The third-order valence-corrected chi connectivity index (χ3v) is 6.88. The van der Waals surface area contributed by atoms with Gasteiger partial charge >= 0.3 is 6.18 Å². The first-order valence-corrected chi connectivity index (χ1v) is 11.3. The maximum atomic E-state index is 12.9. The molecule has 0 spiro atoms. The number of carbonyl (C=O) groups excluding carboxylic acids is 1. The number of pyridine rings is 1. The van der Waals surface area contributed by atoms with E-state index in [-0.39, 0.29) is 5.91 Å². The van der Waals surface area contributed by atoms with E-state index in [2.05, 4.69) is 19.6 Å². The Morgan fingerprint density at radius 1 is 1.30 bits per heavy atom. The van der Waals surface area contributed by atoms with Crippen molar-refractivity contribution in [1.29, 1.82) is 0 Å². The topological polar surface area (TPSA) is 64.3 Å². The molecule has 0 unspecified atom stereocenters. The Labute approximate surface area is 177 Å². The number of aromatic nitrogens is 2. The smallest absolute Gasteiger partial charge is 0.349 e. The largest absolute Gasteiger partial charge is 0.399 e. The Bertz CT molecular complexity index is 894. The first-order valence-electron chi connectivity index (χ1n) is 10.3. The van der Waals surface area contributed by atoms with E-state index >= 15 is 0 Å². The second-order valence-corrected chi connectivity index (χ2v) is 8.83. The summed E-state index contributed by atoms with van der Waals surface area (Å²) in [4.78, 5) is 24.6. The number of hydrogen-bond acceptors (Lipinski definition) is 5. The number of amides is 1. The Hall–Kier alpha value is -1.94. The van der Waals surface area contributed by atoms with E-state index in [0.29, 0.717) is 37.3 Å². The van der Waals surface area contributed by atoms with E-state index in [1.54, 1.807) is 6.20 Å². The number of fused-ring (bicyclic) bond motifs is 3. The van der Waals surface area contributed by atoms with Crippen molar-refractivity contribution < 1.29 is 18.0 Å². The van der Waals surface area contributed by atoms with Crippen LogP contribution < -0.4 is 9.62 Å². The molecule has 30 heavy (non-hydrogen) atoms. The van der Waals surface area contributed by atoms with E-state index in [9.17, 15) is 18.0 Å². The fraction of sp³-hybridized carbons (Fsp3) is 0.600. The molecule has 6 nitrogen and oxygen atoms in total. The van der Waals surface area contributed by atoms with Gasteiger partial charge in [0.1, 0.15) is 11.4 Å². The molecular formula is C20H26F3N5OS. The highest BCUT2D eigenvalue weighted by atomic mass is 32.2. The average molecular weight is 442 g/mol. The zero-order valence-electron chi connectivity index (χ0n) is 16.8. The van der Waals surface area contributed by atoms with Crippen LogP contribution in [0.15, 0.2) is 18.5 Å². The predicted molar refractivity (Wildman–Crippen MR) is 112 cm³/mol. The van der Waals surface area contributed by atoms with Gasteiger partial charge in [-0.3, -0.25) is 9.52 Å². The number of rotatable bonds is 6. The van der Waals surface area contributed by atoms with E-state index in [0.717, 1.165) is 54.4 Å². The first-order chi connectivity index (χ1) is 14.4. The Kier molecular flexibility index (Phi) is 6.15. The summed E-state index contributed by atoms with van der Waals surface area (Å²) in [6.07, 6.45) is 3.19. The number of anilines is 1. The fourth-order valence-electron chi connectivity index (χ4n) is 4.46. The normalized spacial score (nSPS) is 22.6. The van der Waals surface area contributed by atoms with Crippen LogP contribution in [0.5, 0.6) is 0 Å². The van der Waals surface area contributed by atoms with E-state index in [4.69, 9.17) is 0 Å². The van der Waals surface area contributed by atoms with Crippen LogP contribution in [-0.2, 0) is 0 Å². The molecule has 1 aliphatic carbocycles. The lowest BCUT2D eigenvalue weighted by Crippen LogP contribution is -2.51. The molecule has 4 rings (SSSR count). The molecule has 1 aliphatic heterocycles. The van der Waals surface area contributed by atoms with Crippen molar-refractivity contribution in [3.63, 3.8) is 0 Å². The van der Waals surface area contributed by atoms with Crippen LogP contribution >= 0.6 is 11.9 Å². The van der Waals surface area contributed by atoms with E-state index in [1.165, 1.54) is 0 Å². The summed E-state index contributed by atoms with van der Waals surface area (Å²) >= 11 is 0.739. The lowest BCUT2D eigenvalue weighted by atomic mass is 9.85. The summed E-state index contributed by atoms with van der Waals surface area (Å²) in [5.41, 5.74) is 2.37. The Balaban J connectivity index is 1.44. The zero-order chi connectivity index (χ0) is 21.3. The molecule has 0 radical (unpaired) electrons. The summed E-state index contributed by atoms with van der Waals surface area (Å²) in [5, 5.41) is 0.962. The minimum atomic E-state index is -4.14. The van der Waals surface area contributed by atoms with Crippen LogP contribution in [-0.4, -0.2) is 58.5 Å². The van der Waals surface area contributed by atoms with Crippen molar-refractivity contribution in [2.24, 2.45) is 5.92 Å². The molecule has 0 aromatic carbocycles. The van der Waals surface area contributed by atoms with Gasteiger partial charge in [-0.2, -0.15) is 13.2 Å². The van der Waals surface area contributed by atoms with Crippen molar-refractivity contribution in [3.8, 4) is 0 Å². The van der Waals surface area contributed by atoms with Gasteiger partial charge in [0.25, 0.3) is 5.91 Å². The van der Waals surface area contributed by atoms with Gasteiger partial charge in [0.2, 0.25) is 0 Å². The van der Waals surface area contributed by atoms with Gasteiger partial charge in [-0.05, 0) is 44.6 Å². The first kappa shape index (κ1) is 21.3. The molecular weight excluding hydrogens is 415 g/mol. The van der Waals surface area contributed by atoms with Crippen molar-refractivity contribution in [3.05, 3.63) is 24.0 Å². The van der Waals surface area contributed by atoms with Gasteiger partial charge in [-0.1, -0.05) is 11.9 Å². The molecule has 1 saturated carbocycles. The monoisotopic (exact) mass is 441 g/mol. The van der Waals surface area contributed by atoms with Gasteiger partial charge < -0.3 is 14.8 Å². The van der Waals surface area contributed by atoms with Gasteiger partial charge in [0.15, 0.2) is 0 Å². The quantitative estimate of drug-likeness (QED) is 0.521. The highest BCUT2D eigenvalue weighted by molar-refractivity contribution is 7.97. The van der Waals surface area contributed by atoms with Gasteiger partial charge in [0, 0.05) is 36.9 Å². The van der Waals surface area contributed by atoms with Crippen molar-refractivity contribution >= 4 is 34.6 Å². The highest BCUT2D eigenvalue weighted by Crippen LogP contribution is 2.38. The van der Waals surface area contributed by atoms with Crippen molar-refractivity contribution in [2.45, 2.75) is 44.8 Å². The lowest BCUT2D eigenvalue weighted by Gasteiger charge is -2.44. The molecule has 1 amide bonds. The maximum Gasteiger partial charge on any atom is 0.399 e. The fourth-order valence-corrected chi connectivity index (χ4v) is 5.08. The predicted octanol–water partition coefficient (Wildman–Crippen LogP) is 4.16. The number of carbonyl (C=O) groups is 1. The van der Waals surface area contributed by atoms with Crippen LogP contribution in [0.2, 0.25) is 0 Å². The third-order valence-electron chi connectivity index (χ3n) is 6.03. The molecule has 10 heteroatoms. The molecule has 164 valence electrons. The van der Waals surface area contributed by atoms with Gasteiger partial charge in [-0.25, -0.2) is 4.98 Å². The molecule has 2 aromatic heterocycles.